The number of likely N-dealkylation sites (tertiary alicyclic amines) is 1. The van der Waals surface area contributed by atoms with Gasteiger partial charge in [0.25, 0.3) is 0 Å². The number of carboxylic acid groups (broad SMARTS) is 1. The normalized spacial score (nSPS) is 20.2. The van der Waals surface area contributed by atoms with Crippen LogP contribution in [0.3, 0.4) is 0 Å². The molecule has 3 atom stereocenters. The second kappa shape index (κ2) is 9.72. The highest BCUT2D eigenvalue weighted by atomic mass is 19.1. The molecule has 2 aromatic carbocycles. The van der Waals surface area contributed by atoms with Gasteiger partial charge in [-0.3, -0.25) is 0 Å². The Morgan fingerprint density at radius 1 is 1.08 bits per heavy atom. The molecule has 0 bridgehead atoms. The number of rotatable bonds is 7. The molecule has 1 aromatic heterocycles. The first kappa shape index (κ1) is 24.5. The largest absolute Gasteiger partial charge is 0.474 e. The van der Waals surface area contributed by atoms with Gasteiger partial charge in [0.15, 0.2) is 0 Å². The van der Waals surface area contributed by atoms with Crippen LogP contribution in [-0.2, 0) is 16.9 Å². The van der Waals surface area contributed by atoms with Crippen LogP contribution in [0.4, 0.5) is 14.0 Å². The van der Waals surface area contributed by atoms with Crippen molar-refractivity contribution in [2.75, 3.05) is 13.1 Å². The third-order valence-electron chi connectivity index (χ3n) is 6.93. The van der Waals surface area contributed by atoms with Crippen molar-refractivity contribution in [1.82, 2.24) is 15.2 Å². The number of halogens is 1. The first-order valence-electron chi connectivity index (χ1n) is 12.1. The summed E-state index contributed by atoms with van der Waals surface area (Å²) < 4.78 is 25.1. The lowest BCUT2D eigenvalue weighted by molar-refractivity contribution is 0.129. The van der Waals surface area contributed by atoms with E-state index in [2.05, 4.69) is 10.3 Å². The van der Waals surface area contributed by atoms with Crippen LogP contribution in [-0.4, -0.2) is 46.4 Å². The average Bonchev–Trinajstić information content (AvgIpc) is 3.29. The van der Waals surface area contributed by atoms with Gasteiger partial charge < -0.3 is 24.8 Å². The van der Waals surface area contributed by atoms with E-state index in [0.717, 1.165) is 11.1 Å². The van der Waals surface area contributed by atoms with Crippen molar-refractivity contribution in [2.24, 2.45) is 11.8 Å². The van der Waals surface area contributed by atoms with Gasteiger partial charge in [0.1, 0.15) is 18.5 Å². The lowest BCUT2D eigenvalue weighted by atomic mass is 9.93. The van der Waals surface area contributed by atoms with E-state index in [9.17, 15) is 19.1 Å². The number of nitrogens with one attached hydrogen (secondary N) is 1. The number of alkyl carbamates (subject to hydrolysis) is 1. The number of piperidine rings is 1. The summed E-state index contributed by atoms with van der Waals surface area (Å²) in [5.41, 5.74) is 2.03. The third-order valence-corrected chi connectivity index (χ3v) is 6.93. The fourth-order valence-corrected chi connectivity index (χ4v) is 4.72. The lowest BCUT2D eigenvalue weighted by Gasteiger charge is -2.27. The number of amides is 2. The summed E-state index contributed by atoms with van der Waals surface area (Å²) in [6.45, 7) is 4.72. The molecule has 37 heavy (non-hydrogen) atoms. The van der Waals surface area contributed by atoms with Crippen LogP contribution in [0, 0.1) is 17.7 Å². The summed E-state index contributed by atoms with van der Waals surface area (Å²) in [7, 11) is 0. The van der Waals surface area contributed by atoms with E-state index >= 15 is 0 Å². The van der Waals surface area contributed by atoms with Gasteiger partial charge in [0.05, 0.1) is 11.2 Å². The molecule has 2 fully saturated rings. The Labute approximate surface area is 214 Å². The molecule has 0 unspecified atom stereocenters. The Balaban J connectivity index is 1.35. The molecular formula is C28H28FN3O5. The summed E-state index contributed by atoms with van der Waals surface area (Å²) in [6.07, 6.45) is -1.61. The lowest BCUT2D eigenvalue weighted by Crippen LogP contribution is -2.41. The average molecular weight is 506 g/mol. The van der Waals surface area contributed by atoms with Crippen LogP contribution in [0.2, 0.25) is 0 Å². The predicted molar refractivity (Wildman–Crippen MR) is 133 cm³/mol. The number of carbonyl (C=O) groups is 2. The van der Waals surface area contributed by atoms with Gasteiger partial charge >= 0.3 is 12.2 Å². The van der Waals surface area contributed by atoms with E-state index < -0.39 is 17.7 Å². The number of nitrogens with zero attached hydrogens (tertiary/aromatic N) is 2. The molecule has 2 heterocycles. The van der Waals surface area contributed by atoms with Crippen LogP contribution < -0.4 is 10.1 Å². The second-order valence-corrected chi connectivity index (χ2v) is 10.00. The van der Waals surface area contributed by atoms with Crippen molar-refractivity contribution in [3.8, 4) is 17.1 Å². The number of fused-ring (bicyclic) bond motifs is 1. The Hall–Kier alpha value is -4.14. The van der Waals surface area contributed by atoms with Gasteiger partial charge in [0, 0.05) is 36.6 Å². The van der Waals surface area contributed by atoms with E-state index in [-0.39, 0.29) is 30.4 Å². The minimum absolute atomic E-state index is 0.119. The highest BCUT2D eigenvalue weighted by molar-refractivity contribution is 5.69. The molecule has 2 amide bonds. The molecule has 9 heteroatoms. The molecule has 1 saturated heterocycles. The number of pyridine rings is 1. The molecule has 5 rings (SSSR count). The van der Waals surface area contributed by atoms with Crippen molar-refractivity contribution in [3.63, 3.8) is 0 Å². The van der Waals surface area contributed by atoms with E-state index in [1.807, 2.05) is 50.2 Å². The first-order chi connectivity index (χ1) is 17.7. The number of hydrogen-bond donors (Lipinski definition) is 2. The predicted octanol–water partition coefficient (Wildman–Crippen LogP) is 5.04. The monoisotopic (exact) mass is 505 g/mol. The summed E-state index contributed by atoms with van der Waals surface area (Å²) in [5.74, 6) is 0.281. The van der Waals surface area contributed by atoms with Gasteiger partial charge in [-0.2, -0.15) is 0 Å². The molecule has 8 nitrogen and oxygen atoms in total. The van der Waals surface area contributed by atoms with Crippen LogP contribution >= 0.6 is 0 Å². The van der Waals surface area contributed by atoms with E-state index in [0.29, 0.717) is 30.2 Å². The maximum absolute atomic E-state index is 13.5. The van der Waals surface area contributed by atoms with E-state index in [4.69, 9.17) is 9.47 Å². The number of aromatic nitrogens is 1. The summed E-state index contributed by atoms with van der Waals surface area (Å²) >= 11 is 0. The zero-order chi connectivity index (χ0) is 26.2. The molecular weight excluding hydrogens is 477 g/mol. The van der Waals surface area contributed by atoms with Crippen molar-refractivity contribution in [1.29, 1.82) is 0 Å². The van der Waals surface area contributed by atoms with Crippen molar-refractivity contribution >= 4 is 12.2 Å². The molecule has 1 saturated carbocycles. The maximum Gasteiger partial charge on any atom is 0.408 e. The Morgan fingerprint density at radius 3 is 2.41 bits per heavy atom. The topological polar surface area (TPSA) is 101 Å². The molecule has 1 aliphatic carbocycles. The standard InChI is InChI=1S/C28H28FN3O5/c1-28(2,31-26(33)36-16-17-6-4-3-5-7-17)19-12-23(18-8-10-20(29)11-9-18)30-24(13-19)37-25-21-14-32(27(34)35)15-22(21)25/h3-13,21-22,25H,14-16H2,1-2H3,(H,31,33)(H,34,35)/t21-,22+,25-. The SMILES string of the molecule is CC(C)(NC(=O)OCc1ccccc1)c1cc(O[C@@H]2[C@@H]3CN(C(=O)O)C[C@@H]32)nc(-c2ccc(F)cc2)c1. The van der Waals surface area contributed by atoms with Crippen molar-refractivity contribution in [3.05, 3.63) is 83.7 Å². The summed E-state index contributed by atoms with van der Waals surface area (Å²) in [4.78, 5) is 29.9. The second-order valence-electron chi connectivity index (χ2n) is 10.00. The van der Waals surface area contributed by atoms with Crippen LogP contribution in [0.15, 0.2) is 66.7 Å². The minimum atomic E-state index is -0.920. The minimum Gasteiger partial charge on any atom is -0.474 e. The van der Waals surface area contributed by atoms with E-state index in [1.54, 1.807) is 18.2 Å². The van der Waals surface area contributed by atoms with Gasteiger partial charge in [0.2, 0.25) is 5.88 Å². The molecule has 2 aliphatic rings. The van der Waals surface area contributed by atoms with Gasteiger partial charge in [-0.15, -0.1) is 0 Å². The third kappa shape index (κ3) is 5.50. The van der Waals surface area contributed by atoms with E-state index in [1.165, 1.54) is 17.0 Å². The molecule has 2 N–H and O–H groups in total. The fourth-order valence-electron chi connectivity index (χ4n) is 4.72. The van der Waals surface area contributed by atoms with Crippen LogP contribution in [0.25, 0.3) is 11.3 Å². The number of hydrogen-bond acceptors (Lipinski definition) is 5. The van der Waals surface area contributed by atoms with Gasteiger partial charge in [-0.1, -0.05) is 30.3 Å². The first-order valence-corrected chi connectivity index (χ1v) is 12.1. The molecule has 0 spiro atoms. The van der Waals surface area contributed by atoms with Gasteiger partial charge in [-0.05, 0) is 55.3 Å². The summed E-state index contributed by atoms with van der Waals surface area (Å²) in [6, 6.07) is 19.0. The summed E-state index contributed by atoms with van der Waals surface area (Å²) in [5, 5.41) is 12.1. The molecule has 0 radical (unpaired) electrons. The molecule has 3 aromatic rings. The Morgan fingerprint density at radius 2 is 1.76 bits per heavy atom. The fraction of sp³-hybridized carbons (Fsp3) is 0.321. The smallest absolute Gasteiger partial charge is 0.408 e. The zero-order valence-electron chi connectivity index (χ0n) is 20.6. The Bertz CT molecular complexity index is 1290. The number of benzene rings is 2. The maximum atomic E-state index is 13.5. The molecule has 192 valence electrons. The molecule has 1 aliphatic heterocycles. The van der Waals surface area contributed by atoms with Crippen molar-refractivity contribution in [2.45, 2.75) is 32.1 Å². The quantitative estimate of drug-likeness (QED) is 0.467. The van der Waals surface area contributed by atoms with Crippen LogP contribution in [0.1, 0.15) is 25.0 Å². The van der Waals surface area contributed by atoms with Crippen molar-refractivity contribution < 1.29 is 28.6 Å². The zero-order valence-corrected chi connectivity index (χ0v) is 20.6. The highest BCUT2D eigenvalue weighted by Gasteiger charge is 2.59. The van der Waals surface area contributed by atoms with Gasteiger partial charge in [-0.25, -0.2) is 19.0 Å². The number of carbonyl (C=O) groups excluding carboxylic acids is 1. The van der Waals surface area contributed by atoms with Crippen LogP contribution in [0.5, 0.6) is 5.88 Å². The number of ether oxygens (including phenoxy) is 2. The Kier molecular flexibility index (Phi) is 6.45. The highest BCUT2D eigenvalue weighted by Crippen LogP contribution is 2.48.